The summed E-state index contributed by atoms with van der Waals surface area (Å²) in [4.78, 5) is 0. The fourth-order valence-electron chi connectivity index (χ4n) is 1.83. The van der Waals surface area contributed by atoms with Crippen LogP contribution in [0.2, 0.25) is 0 Å². The zero-order chi connectivity index (χ0) is 12.3. The number of rotatable bonds is 6. The van der Waals surface area contributed by atoms with Crippen molar-refractivity contribution in [3.8, 4) is 5.75 Å². The highest BCUT2D eigenvalue weighted by molar-refractivity contribution is 5.59. The number of benzene rings is 1. The minimum absolute atomic E-state index is 0.0936. The average Bonchev–Trinajstić information content (AvgIpc) is 3.07. The van der Waals surface area contributed by atoms with E-state index in [1.165, 1.54) is 0 Å². The Labute approximate surface area is 102 Å². The lowest BCUT2D eigenvalue weighted by atomic mass is 10.1. The van der Waals surface area contributed by atoms with Crippen LogP contribution in [0.4, 0.5) is 11.4 Å². The molecule has 2 rings (SSSR count). The van der Waals surface area contributed by atoms with E-state index in [0.717, 1.165) is 30.8 Å². The van der Waals surface area contributed by atoms with Crippen LogP contribution in [0.1, 0.15) is 19.8 Å². The minimum atomic E-state index is 0.0936. The van der Waals surface area contributed by atoms with Crippen LogP contribution in [-0.2, 0) is 0 Å². The van der Waals surface area contributed by atoms with Gasteiger partial charge in [-0.05, 0) is 25.8 Å². The summed E-state index contributed by atoms with van der Waals surface area (Å²) in [5.74, 6) is 0.781. The Hall–Kier alpha value is -1.42. The van der Waals surface area contributed by atoms with Gasteiger partial charge in [-0.3, -0.25) is 0 Å². The van der Waals surface area contributed by atoms with Crippen molar-refractivity contribution in [1.29, 1.82) is 0 Å². The molecule has 1 saturated carbocycles. The third-order valence-corrected chi connectivity index (χ3v) is 3.20. The van der Waals surface area contributed by atoms with E-state index >= 15 is 0 Å². The maximum atomic E-state index is 9.24. The molecular weight excluding hydrogens is 216 g/mol. The number of anilines is 2. The Morgan fingerprint density at radius 3 is 2.76 bits per heavy atom. The Morgan fingerprint density at radius 2 is 2.18 bits per heavy atom. The first kappa shape index (κ1) is 12.0. The van der Waals surface area contributed by atoms with E-state index in [1.54, 1.807) is 0 Å². The largest absolute Gasteiger partial charge is 0.494 e. The number of ether oxygens (including phenoxy) is 1. The molecule has 1 aliphatic carbocycles. The summed E-state index contributed by atoms with van der Waals surface area (Å²) in [5, 5.41) is 12.6. The Bertz CT molecular complexity index is 389. The van der Waals surface area contributed by atoms with Gasteiger partial charge in [0, 0.05) is 35.5 Å². The van der Waals surface area contributed by atoms with Crippen molar-refractivity contribution >= 4 is 11.4 Å². The van der Waals surface area contributed by atoms with Gasteiger partial charge in [-0.15, -0.1) is 0 Å². The maximum Gasteiger partial charge on any atom is 0.123 e. The minimum Gasteiger partial charge on any atom is -0.494 e. The molecule has 0 heterocycles. The predicted molar refractivity (Wildman–Crippen MR) is 69.3 cm³/mol. The number of hydrogen-bond acceptors (Lipinski definition) is 4. The molecule has 4 N–H and O–H groups in total. The van der Waals surface area contributed by atoms with Gasteiger partial charge >= 0.3 is 0 Å². The highest BCUT2D eigenvalue weighted by atomic mass is 16.5. The molecule has 4 nitrogen and oxygen atoms in total. The predicted octanol–water partition coefficient (Wildman–Crippen LogP) is 1.85. The zero-order valence-electron chi connectivity index (χ0n) is 10.2. The first-order valence-electron chi connectivity index (χ1n) is 6.05. The first-order chi connectivity index (χ1) is 8.17. The van der Waals surface area contributed by atoms with Gasteiger partial charge in [0.25, 0.3) is 0 Å². The van der Waals surface area contributed by atoms with Crippen molar-refractivity contribution in [3.63, 3.8) is 0 Å². The lowest BCUT2D eigenvalue weighted by Gasteiger charge is -2.15. The third-order valence-electron chi connectivity index (χ3n) is 3.20. The highest BCUT2D eigenvalue weighted by Crippen LogP contribution is 2.45. The van der Waals surface area contributed by atoms with Gasteiger partial charge < -0.3 is 20.9 Å². The van der Waals surface area contributed by atoms with Gasteiger partial charge in [-0.2, -0.15) is 0 Å². The fraction of sp³-hybridized carbons (Fsp3) is 0.538. The number of aliphatic hydroxyl groups is 1. The van der Waals surface area contributed by atoms with Crippen LogP contribution in [0.5, 0.6) is 5.75 Å². The molecule has 0 amide bonds. The molecule has 0 atom stereocenters. The molecule has 0 aromatic heterocycles. The molecule has 0 spiro atoms. The van der Waals surface area contributed by atoms with Gasteiger partial charge in [0.2, 0.25) is 0 Å². The molecule has 0 aliphatic heterocycles. The van der Waals surface area contributed by atoms with Gasteiger partial charge in [0.1, 0.15) is 5.75 Å². The van der Waals surface area contributed by atoms with E-state index in [2.05, 4.69) is 5.32 Å². The van der Waals surface area contributed by atoms with Gasteiger partial charge in [-0.25, -0.2) is 0 Å². The summed E-state index contributed by atoms with van der Waals surface area (Å²) in [7, 11) is 0. The van der Waals surface area contributed by atoms with Crippen molar-refractivity contribution in [3.05, 3.63) is 18.2 Å². The number of nitrogen functional groups attached to an aromatic ring is 1. The zero-order valence-corrected chi connectivity index (χ0v) is 10.2. The van der Waals surface area contributed by atoms with Crippen LogP contribution < -0.4 is 15.8 Å². The summed E-state index contributed by atoms with van der Waals surface area (Å²) >= 11 is 0. The second kappa shape index (κ2) is 4.84. The molecule has 0 bridgehead atoms. The molecule has 0 unspecified atom stereocenters. The fourth-order valence-corrected chi connectivity index (χ4v) is 1.83. The van der Waals surface area contributed by atoms with Gasteiger partial charge in [0.15, 0.2) is 0 Å². The van der Waals surface area contributed by atoms with E-state index in [-0.39, 0.29) is 12.0 Å². The first-order valence-corrected chi connectivity index (χ1v) is 6.05. The van der Waals surface area contributed by atoms with E-state index in [9.17, 15) is 5.11 Å². The molecule has 0 radical (unpaired) electrons. The molecule has 4 heteroatoms. The molecular formula is C13H20N2O2. The van der Waals surface area contributed by atoms with Crippen molar-refractivity contribution in [2.75, 3.05) is 30.8 Å². The van der Waals surface area contributed by atoms with Gasteiger partial charge in [0.05, 0.1) is 13.2 Å². The smallest absolute Gasteiger partial charge is 0.123 e. The lowest BCUT2D eigenvalue weighted by Crippen LogP contribution is -2.19. The van der Waals surface area contributed by atoms with E-state index in [0.29, 0.717) is 12.3 Å². The number of nitrogens with two attached hydrogens (primary N) is 1. The quantitative estimate of drug-likeness (QED) is 0.659. The normalized spacial score (nSPS) is 16.6. The molecule has 1 fully saturated rings. The van der Waals surface area contributed by atoms with Crippen molar-refractivity contribution in [1.82, 2.24) is 0 Å². The highest BCUT2D eigenvalue weighted by Gasteiger charge is 2.41. The van der Waals surface area contributed by atoms with Crippen LogP contribution in [0.25, 0.3) is 0 Å². The number of aliphatic hydroxyl groups excluding tert-OH is 1. The van der Waals surface area contributed by atoms with Crippen molar-refractivity contribution in [2.45, 2.75) is 19.8 Å². The Morgan fingerprint density at radius 1 is 1.41 bits per heavy atom. The monoisotopic (exact) mass is 236 g/mol. The van der Waals surface area contributed by atoms with Crippen LogP contribution in [0, 0.1) is 5.41 Å². The van der Waals surface area contributed by atoms with Gasteiger partial charge in [-0.1, -0.05) is 0 Å². The number of hydrogen-bond donors (Lipinski definition) is 3. The van der Waals surface area contributed by atoms with Crippen LogP contribution >= 0.6 is 0 Å². The third kappa shape index (κ3) is 3.03. The second-order valence-corrected chi connectivity index (χ2v) is 4.74. The Balaban J connectivity index is 2.00. The number of nitrogens with one attached hydrogen (secondary N) is 1. The lowest BCUT2D eigenvalue weighted by molar-refractivity contribution is 0.220. The van der Waals surface area contributed by atoms with Crippen LogP contribution in [0.3, 0.4) is 0 Å². The SMILES string of the molecule is CCOc1cc(N)cc(NCC2(CO)CC2)c1. The topological polar surface area (TPSA) is 67.5 Å². The molecule has 1 aromatic rings. The van der Waals surface area contributed by atoms with E-state index < -0.39 is 0 Å². The van der Waals surface area contributed by atoms with Crippen LogP contribution in [0.15, 0.2) is 18.2 Å². The average molecular weight is 236 g/mol. The standard InChI is InChI=1S/C13H20N2O2/c1-2-17-12-6-10(14)5-11(7-12)15-8-13(9-16)3-4-13/h5-7,15-16H,2-4,8-9,14H2,1H3. The summed E-state index contributed by atoms with van der Waals surface area (Å²) in [6.07, 6.45) is 2.19. The maximum absolute atomic E-state index is 9.24. The summed E-state index contributed by atoms with van der Waals surface area (Å²) in [6, 6.07) is 5.64. The molecule has 0 saturated heterocycles. The van der Waals surface area contributed by atoms with Crippen molar-refractivity contribution in [2.24, 2.45) is 5.41 Å². The van der Waals surface area contributed by atoms with E-state index in [4.69, 9.17) is 10.5 Å². The second-order valence-electron chi connectivity index (χ2n) is 4.74. The van der Waals surface area contributed by atoms with Crippen LogP contribution in [-0.4, -0.2) is 24.9 Å². The molecule has 1 aromatic carbocycles. The summed E-state index contributed by atoms with van der Waals surface area (Å²) in [6.45, 7) is 3.61. The van der Waals surface area contributed by atoms with E-state index in [1.807, 2.05) is 25.1 Å². The molecule has 17 heavy (non-hydrogen) atoms. The van der Waals surface area contributed by atoms with Crippen molar-refractivity contribution < 1.29 is 9.84 Å². The summed E-state index contributed by atoms with van der Waals surface area (Å²) in [5.41, 5.74) is 7.54. The summed E-state index contributed by atoms with van der Waals surface area (Å²) < 4.78 is 5.43. The Kier molecular flexibility index (Phi) is 3.43. The molecule has 94 valence electrons. The molecule has 1 aliphatic rings.